The Balaban J connectivity index is 2.15. The van der Waals surface area contributed by atoms with E-state index in [4.69, 9.17) is 4.74 Å². The van der Waals surface area contributed by atoms with E-state index in [2.05, 4.69) is 0 Å². The standard InChI is InChI=1S/C14H18F2O2/c1-11(14(15)16)6-5-9-13(17)18-10-12-7-3-2-4-8-12/h2-4,7-8,11,14H,5-6,9-10H2,1H3. The molecule has 2 nitrogen and oxygen atoms in total. The molecule has 0 aliphatic rings. The minimum Gasteiger partial charge on any atom is -0.461 e. The van der Waals surface area contributed by atoms with Crippen molar-refractivity contribution in [2.75, 3.05) is 0 Å². The molecule has 100 valence electrons. The molecule has 1 rings (SSSR count). The summed E-state index contributed by atoms with van der Waals surface area (Å²) in [6.07, 6.45) is -1.33. The lowest BCUT2D eigenvalue weighted by atomic mass is 10.1. The minimum absolute atomic E-state index is 0.198. The van der Waals surface area contributed by atoms with Crippen molar-refractivity contribution in [3.05, 3.63) is 35.9 Å². The number of alkyl halides is 2. The van der Waals surface area contributed by atoms with Crippen molar-refractivity contribution in [2.24, 2.45) is 5.92 Å². The second kappa shape index (κ2) is 7.80. The molecule has 1 aromatic carbocycles. The molecular weight excluding hydrogens is 238 g/mol. The van der Waals surface area contributed by atoms with Crippen LogP contribution in [0.25, 0.3) is 0 Å². The molecule has 0 saturated heterocycles. The van der Waals surface area contributed by atoms with Crippen LogP contribution in [0.5, 0.6) is 0 Å². The van der Waals surface area contributed by atoms with Crippen LogP contribution in [0.3, 0.4) is 0 Å². The van der Waals surface area contributed by atoms with Crippen LogP contribution in [-0.4, -0.2) is 12.4 Å². The molecule has 0 spiro atoms. The fourth-order valence-corrected chi connectivity index (χ4v) is 1.50. The Morgan fingerprint density at radius 3 is 2.56 bits per heavy atom. The second-order valence-electron chi connectivity index (χ2n) is 4.35. The number of halogens is 2. The largest absolute Gasteiger partial charge is 0.461 e. The van der Waals surface area contributed by atoms with E-state index in [0.717, 1.165) is 5.56 Å². The van der Waals surface area contributed by atoms with Crippen molar-refractivity contribution >= 4 is 5.97 Å². The van der Waals surface area contributed by atoms with Crippen LogP contribution in [0, 0.1) is 5.92 Å². The van der Waals surface area contributed by atoms with E-state index in [0.29, 0.717) is 12.8 Å². The Bertz CT molecular complexity index is 352. The molecule has 18 heavy (non-hydrogen) atoms. The highest BCUT2D eigenvalue weighted by atomic mass is 19.3. The molecule has 0 amide bonds. The average molecular weight is 256 g/mol. The van der Waals surface area contributed by atoms with Crippen molar-refractivity contribution < 1.29 is 18.3 Å². The number of carbonyl (C=O) groups is 1. The zero-order valence-electron chi connectivity index (χ0n) is 10.4. The van der Waals surface area contributed by atoms with Gasteiger partial charge in [-0.25, -0.2) is 8.78 Å². The zero-order chi connectivity index (χ0) is 13.4. The van der Waals surface area contributed by atoms with E-state index < -0.39 is 12.3 Å². The number of ether oxygens (including phenoxy) is 1. The number of rotatable bonds is 7. The van der Waals surface area contributed by atoms with Crippen molar-refractivity contribution in [1.29, 1.82) is 0 Å². The summed E-state index contributed by atoms with van der Waals surface area (Å²) in [5.74, 6) is -0.993. The first-order valence-corrected chi connectivity index (χ1v) is 6.07. The maximum absolute atomic E-state index is 12.2. The lowest BCUT2D eigenvalue weighted by Crippen LogP contribution is -2.09. The molecule has 0 aromatic heterocycles. The maximum atomic E-state index is 12.2. The van der Waals surface area contributed by atoms with Crippen molar-refractivity contribution in [3.63, 3.8) is 0 Å². The fourth-order valence-electron chi connectivity index (χ4n) is 1.50. The number of carbonyl (C=O) groups excluding carboxylic acids is 1. The van der Waals surface area contributed by atoms with E-state index >= 15 is 0 Å². The second-order valence-corrected chi connectivity index (χ2v) is 4.35. The zero-order valence-corrected chi connectivity index (χ0v) is 10.4. The van der Waals surface area contributed by atoms with Gasteiger partial charge in [0.2, 0.25) is 6.43 Å². The highest BCUT2D eigenvalue weighted by Crippen LogP contribution is 2.16. The first kappa shape index (κ1) is 14.6. The number of benzene rings is 1. The lowest BCUT2D eigenvalue weighted by Gasteiger charge is -2.09. The molecule has 0 radical (unpaired) electrons. The summed E-state index contributed by atoms with van der Waals surface area (Å²) in [5.41, 5.74) is 0.923. The third-order valence-electron chi connectivity index (χ3n) is 2.71. The molecule has 0 saturated carbocycles. The highest BCUT2D eigenvalue weighted by Gasteiger charge is 2.14. The van der Waals surface area contributed by atoms with Gasteiger partial charge in [0.15, 0.2) is 0 Å². The Kier molecular flexibility index (Phi) is 6.33. The van der Waals surface area contributed by atoms with E-state index in [1.54, 1.807) is 0 Å². The van der Waals surface area contributed by atoms with Gasteiger partial charge >= 0.3 is 5.97 Å². The van der Waals surface area contributed by atoms with Gasteiger partial charge < -0.3 is 4.74 Å². The normalized spacial score (nSPS) is 12.4. The van der Waals surface area contributed by atoms with Gasteiger partial charge in [-0.3, -0.25) is 4.79 Å². The summed E-state index contributed by atoms with van der Waals surface area (Å²) in [6.45, 7) is 1.73. The van der Waals surface area contributed by atoms with Gasteiger partial charge in [-0.15, -0.1) is 0 Å². The van der Waals surface area contributed by atoms with Gasteiger partial charge in [-0.05, 0) is 18.4 Å². The van der Waals surface area contributed by atoms with Crippen LogP contribution in [0.2, 0.25) is 0 Å². The Morgan fingerprint density at radius 2 is 1.94 bits per heavy atom. The summed E-state index contributed by atoms with van der Waals surface area (Å²) >= 11 is 0. The predicted octanol–water partition coefficient (Wildman–Crippen LogP) is 3.80. The highest BCUT2D eigenvalue weighted by molar-refractivity contribution is 5.69. The molecule has 0 fully saturated rings. The fraction of sp³-hybridized carbons (Fsp3) is 0.500. The van der Waals surface area contributed by atoms with Crippen molar-refractivity contribution in [1.82, 2.24) is 0 Å². The molecule has 0 bridgehead atoms. The summed E-state index contributed by atoms with van der Waals surface area (Å²) in [4.78, 5) is 11.4. The third kappa shape index (κ3) is 5.75. The topological polar surface area (TPSA) is 26.3 Å². The summed E-state index contributed by atoms with van der Waals surface area (Å²) in [6, 6.07) is 9.36. The molecule has 0 aliphatic heterocycles. The summed E-state index contributed by atoms with van der Waals surface area (Å²) in [5, 5.41) is 0. The van der Waals surface area contributed by atoms with Crippen LogP contribution >= 0.6 is 0 Å². The first-order valence-electron chi connectivity index (χ1n) is 6.07. The Labute approximate surface area is 106 Å². The maximum Gasteiger partial charge on any atom is 0.306 e. The van der Waals surface area contributed by atoms with Gasteiger partial charge in [0.25, 0.3) is 0 Å². The van der Waals surface area contributed by atoms with E-state index in [9.17, 15) is 13.6 Å². The van der Waals surface area contributed by atoms with E-state index in [1.165, 1.54) is 6.92 Å². The number of hydrogen-bond acceptors (Lipinski definition) is 2. The van der Waals surface area contributed by atoms with Crippen molar-refractivity contribution in [3.8, 4) is 0 Å². The van der Waals surface area contributed by atoms with Gasteiger partial charge in [0.1, 0.15) is 6.61 Å². The van der Waals surface area contributed by atoms with Crippen LogP contribution in [-0.2, 0) is 16.1 Å². The quantitative estimate of drug-likeness (QED) is 0.693. The molecule has 0 heterocycles. The number of esters is 1. The van der Waals surface area contributed by atoms with Crippen molar-refractivity contribution in [2.45, 2.75) is 39.2 Å². The van der Waals surface area contributed by atoms with Crippen LogP contribution in [0.15, 0.2) is 30.3 Å². The average Bonchev–Trinajstić information content (AvgIpc) is 2.37. The summed E-state index contributed by atoms with van der Waals surface area (Å²) < 4.78 is 29.5. The SMILES string of the molecule is CC(CCCC(=O)OCc1ccccc1)C(F)F. The smallest absolute Gasteiger partial charge is 0.306 e. The van der Waals surface area contributed by atoms with Gasteiger partial charge in [0.05, 0.1) is 0 Å². The molecule has 1 unspecified atom stereocenters. The van der Waals surface area contributed by atoms with Gasteiger partial charge in [-0.1, -0.05) is 37.3 Å². The molecular formula is C14H18F2O2. The number of hydrogen-bond donors (Lipinski definition) is 0. The predicted molar refractivity (Wildman–Crippen MR) is 65.3 cm³/mol. The summed E-state index contributed by atoms with van der Waals surface area (Å²) in [7, 11) is 0. The Morgan fingerprint density at radius 1 is 1.28 bits per heavy atom. The lowest BCUT2D eigenvalue weighted by molar-refractivity contribution is -0.145. The first-order chi connectivity index (χ1) is 8.59. The molecule has 0 N–H and O–H groups in total. The monoisotopic (exact) mass is 256 g/mol. The Hall–Kier alpha value is -1.45. The molecule has 4 heteroatoms. The van der Waals surface area contributed by atoms with Gasteiger partial charge in [-0.2, -0.15) is 0 Å². The van der Waals surface area contributed by atoms with Crippen LogP contribution in [0.1, 0.15) is 31.7 Å². The molecule has 1 atom stereocenters. The minimum atomic E-state index is -2.31. The third-order valence-corrected chi connectivity index (χ3v) is 2.71. The van der Waals surface area contributed by atoms with Crippen LogP contribution in [0.4, 0.5) is 8.78 Å². The molecule has 1 aromatic rings. The molecule has 0 aliphatic carbocycles. The van der Waals surface area contributed by atoms with Crippen LogP contribution < -0.4 is 0 Å². The van der Waals surface area contributed by atoms with Gasteiger partial charge in [0, 0.05) is 12.3 Å². The van der Waals surface area contributed by atoms with E-state index in [-0.39, 0.29) is 19.0 Å². The van der Waals surface area contributed by atoms with E-state index in [1.807, 2.05) is 30.3 Å².